The number of benzene rings is 1. The third kappa shape index (κ3) is 3.64. The Labute approximate surface area is 126 Å². The molecule has 1 atom stereocenters. The third-order valence-corrected chi connectivity index (χ3v) is 5.69. The van der Waals surface area contributed by atoms with Gasteiger partial charge in [-0.1, -0.05) is 39.0 Å². The Morgan fingerprint density at radius 3 is 2.19 bits per heavy atom. The molecule has 1 unspecified atom stereocenters. The van der Waals surface area contributed by atoms with Gasteiger partial charge in [0.25, 0.3) is 0 Å². The van der Waals surface area contributed by atoms with Crippen LogP contribution in [0.1, 0.15) is 63.0 Å². The van der Waals surface area contributed by atoms with E-state index in [4.69, 9.17) is 0 Å². The summed E-state index contributed by atoms with van der Waals surface area (Å²) in [6, 6.07) is 2.84. The molecule has 0 amide bonds. The van der Waals surface area contributed by atoms with Gasteiger partial charge in [-0.05, 0) is 66.7 Å². The van der Waals surface area contributed by atoms with Gasteiger partial charge >= 0.3 is 0 Å². The van der Waals surface area contributed by atoms with Crippen LogP contribution in [0.2, 0.25) is 0 Å². The molecule has 0 spiro atoms. The molecule has 0 heterocycles. The maximum atomic E-state index is 13.4. The minimum atomic E-state index is -0.691. The molecule has 2 heteroatoms. The van der Waals surface area contributed by atoms with E-state index in [1.807, 2.05) is 0 Å². The molecule has 1 aromatic rings. The lowest BCUT2D eigenvalue weighted by Crippen LogP contribution is -2.18. The van der Waals surface area contributed by atoms with Crippen LogP contribution in [0, 0.1) is 29.4 Å². The second-order valence-corrected chi connectivity index (χ2v) is 7.35. The van der Waals surface area contributed by atoms with Crippen molar-refractivity contribution in [2.24, 2.45) is 17.8 Å². The van der Waals surface area contributed by atoms with Crippen molar-refractivity contribution in [3.63, 3.8) is 0 Å². The zero-order valence-electron chi connectivity index (χ0n) is 13.0. The first-order valence-electron chi connectivity index (χ1n) is 8.58. The molecule has 0 bridgehead atoms. The monoisotopic (exact) mass is 292 g/mol. The molecule has 0 nitrogen and oxygen atoms in total. The van der Waals surface area contributed by atoms with Crippen LogP contribution in [0.4, 0.5) is 8.78 Å². The van der Waals surface area contributed by atoms with E-state index in [1.54, 1.807) is 0 Å². The van der Waals surface area contributed by atoms with E-state index in [0.29, 0.717) is 5.92 Å². The maximum absolute atomic E-state index is 13.4. The Morgan fingerprint density at radius 2 is 1.48 bits per heavy atom. The first-order valence-corrected chi connectivity index (χ1v) is 8.58. The first-order chi connectivity index (χ1) is 10.1. The number of fused-ring (bicyclic) bond motifs is 1. The zero-order valence-corrected chi connectivity index (χ0v) is 13.0. The summed E-state index contributed by atoms with van der Waals surface area (Å²) >= 11 is 0. The van der Waals surface area contributed by atoms with Crippen LogP contribution in [0.25, 0.3) is 0 Å². The normalized spacial score (nSPS) is 29.2. The van der Waals surface area contributed by atoms with Crippen LogP contribution in [0.15, 0.2) is 12.1 Å². The average molecular weight is 292 g/mol. The van der Waals surface area contributed by atoms with Gasteiger partial charge in [-0.3, -0.25) is 0 Å². The van der Waals surface area contributed by atoms with E-state index in [2.05, 4.69) is 6.92 Å². The number of hydrogen-bond donors (Lipinski definition) is 0. The Hall–Kier alpha value is -0.920. The Morgan fingerprint density at radius 1 is 0.857 bits per heavy atom. The Bertz CT molecular complexity index is 487. The fraction of sp³-hybridized carbons (Fsp3) is 0.684. The second-order valence-electron chi connectivity index (χ2n) is 7.35. The maximum Gasteiger partial charge on any atom is 0.159 e. The number of hydrogen-bond acceptors (Lipinski definition) is 0. The lowest BCUT2D eigenvalue weighted by atomic mass is 9.76. The molecular weight excluding hydrogens is 266 g/mol. The van der Waals surface area contributed by atoms with Crippen LogP contribution in [0.5, 0.6) is 0 Å². The van der Waals surface area contributed by atoms with Crippen LogP contribution in [0.3, 0.4) is 0 Å². The predicted octanol–water partition coefficient (Wildman–Crippen LogP) is 5.68. The van der Waals surface area contributed by atoms with Crippen molar-refractivity contribution in [2.75, 3.05) is 0 Å². The molecule has 0 aliphatic heterocycles. The first kappa shape index (κ1) is 15.0. The molecule has 1 aromatic carbocycles. The van der Waals surface area contributed by atoms with Gasteiger partial charge in [0.1, 0.15) is 0 Å². The lowest BCUT2D eigenvalue weighted by Gasteiger charge is -2.29. The quantitative estimate of drug-likeness (QED) is 0.672. The standard InChI is InChI=1S/C19H26F2/c1-13-2-4-14(5-3-13)6-7-15-8-9-16-11-18(20)19(21)12-17(16)10-15/h11-15H,2-10H2,1H3. The summed E-state index contributed by atoms with van der Waals surface area (Å²) in [5, 5.41) is 0. The highest BCUT2D eigenvalue weighted by molar-refractivity contribution is 5.31. The summed E-state index contributed by atoms with van der Waals surface area (Å²) in [6.07, 6.45) is 11.2. The molecule has 0 aromatic heterocycles. The topological polar surface area (TPSA) is 0 Å². The van der Waals surface area contributed by atoms with Gasteiger partial charge in [-0.25, -0.2) is 8.78 Å². The van der Waals surface area contributed by atoms with E-state index >= 15 is 0 Å². The van der Waals surface area contributed by atoms with Crippen molar-refractivity contribution >= 4 is 0 Å². The molecule has 21 heavy (non-hydrogen) atoms. The summed E-state index contributed by atoms with van der Waals surface area (Å²) in [6.45, 7) is 2.36. The fourth-order valence-corrected chi connectivity index (χ4v) is 4.16. The highest BCUT2D eigenvalue weighted by Crippen LogP contribution is 2.35. The van der Waals surface area contributed by atoms with Crippen molar-refractivity contribution in [1.29, 1.82) is 0 Å². The highest BCUT2D eigenvalue weighted by Gasteiger charge is 2.23. The Balaban J connectivity index is 1.53. The molecule has 2 aliphatic carbocycles. The Kier molecular flexibility index (Phi) is 4.61. The van der Waals surface area contributed by atoms with Crippen LogP contribution >= 0.6 is 0 Å². The minimum absolute atomic E-state index is 0.668. The van der Waals surface area contributed by atoms with Gasteiger partial charge in [-0.2, -0.15) is 0 Å². The molecule has 2 aliphatic rings. The van der Waals surface area contributed by atoms with Crippen molar-refractivity contribution in [1.82, 2.24) is 0 Å². The van der Waals surface area contributed by atoms with Gasteiger partial charge in [0.05, 0.1) is 0 Å². The van der Waals surface area contributed by atoms with Crippen molar-refractivity contribution in [3.05, 3.63) is 34.9 Å². The molecule has 0 radical (unpaired) electrons. The van der Waals surface area contributed by atoms with Crippen molar-refractivity contribution in [2.45, 2.75) is 64.7 Å². The van der Waals surface area contributed by atoms with Crippen molar-refractivity contribution < 1.29 is 8.78 Å². The third-order valence-electron chi connectivity index (χ3n) is 5.69. The molecule has 0 N–H and O–H groups in total. The summed E-state index contributed by atoms with van der Waals surface area (Å²) < 4.78 is 26.6. The molecular formula is C19H26F2. The fourth-order valence-electron chi connectivity index (χ4n) is 4.16. The SMILES string of the molecule is CC1CCC(CCC2CCc3cc(F)c(F)cc3C2)CC1. The number of halogens is 2. The van der Waals surface area contributed by atoms with E-state index in [1.165, 1.54) is 50.7 Å². The van der Waals surface area contributed by atoms with Crippen LogP contribution in [-0.2, 0) is 12.8 Å². The highest BCUT2D eigenvalue weighted by atomic mass is 19.2. The lowest BCUT2D eigenvalue weighted by molar-refractivity contribution is 0.255. The van der Waals surface area contributed by atoms with E-state index in [-0.39, 0.29) is 0 Å². The summed E-state index contributed by atoms with van der Waals surface area (Å²) in [4.78, 5) is 0. The van der Waals surface area contributed by atoms with Gasteiger partial charge in [0.2, 0.25) is 0 Å². The van der Waals surface area contributed by atoms with E-state index in [0.717, 1.165) is 42.2 Å². The van der Waals surface area contributed by atoms with E-state index in [9.17, 15) is 8.78 Å². The molecule has 0 saturated heterocycles. The molecule has 3 rings (SSSR count). The molecule has 1 fully saturated rings. The van der Waals surface area contributed by atoms with E-state index < -0.39 is 11.6 Å². The minimum Gasteiger partial charge on any atom is -0.204 e. The summed E-state index contributed by atoms with van der Waals surface area (Å²) in [7, 11) is 0. The van der Waals surface area contributed by atoms with Crippen LogP contribution < -0.4 is 0 Å². The summed E-state index contributed by atoms with van der Waals surface area (Å²) in [5.74, 6) is 1.12. The zero-order chi connectivity index (χ0) is 14.8. The van der Waals surface area contributed by atoms with Crippen LogP contribution in [-0.4, -0.2) is 0 Å². The predicted molar refractivity (Wildman–Crippen MR) is 82.2 cm³/mol. The molecule has 116 valence electrons. The van der Waals surface area contributed by atoms with Crippen molar-refractivity contribution in [3.8, 4) is 0 Å². The second kappa shape index (κ2) is 6.46. The van der Waals surface area contributed by atoms with Gasteiger partial charge in [0, 0.05) is 0 Å². The van der Waals surface area contributed by atoms with Gasteiger partial charge in [-0.15, -0.1) is 0 Å². The smallest absolute Gasteiger partial charge is 0.159 e. The summed E-state index contributed by atoms with van der Waals surface area (Å²) in [5.41, 5.74) is 2.07. The largest absolute Gasteiger partial charge is 0.204 e. The van der Waals surface area contributed by atoms with Gasteiger partial charge < -0.3 is 0 Å². The average Bonchev–Trinajstić information content (AvgIpc) is 2.48. The number of rotatable bonds is 3. The number of aryl methyl sites for hydroxylation is 1. The molecule has 1 saturated carbocycles. The van der Waals surface area contributed by atoms with Gasteiger partial charge in [0.15, 0.2) is 11.6 Å².